The lowest BCUT2D eigenvalue weighted by molar-refractivity contribution is 0.353. The molecule has 6 N–H and O–H groups in total. The molecule has 1 unspecified atom stereocenters. The third-order valence-electron chi connectivity index (χ3n) is 5.05. The minimum Gasteiger partial charge on any atom is -0.398 e. The van der Waals surface area contributed by atoms with E-state index in [0.717, 1.165) is 33.8 Å². The number of hydrogen-bond donors (Lipinski definition) is 5. The Kier molecular flexibility index (Phi) is 7.42. The van der Waals surface area contributed by atoms with Gasteiger partial charge in [0.2, 0.25) is 5.96 Å². The molecular weight excluding hydrogens is 477 g/mol. The molecule has 170 valence electrons. The van der Waals surface area contributed by atoms with Crippen molar-refractivity contribution in [2.75, 3.05) is 18.1 Å². The molecule has 0 fully saturated rings. The van der Waals surface area contributed by atoms with Crippen LogP contribution < -0.4 is 21.2 Å². The second-order valence-electron chi connectivity index (χ2n) is 7.36. The lowest BCUT2D eigenvalue weighted by Crippen LogP contribution is -2.37. The number of nitrogens with zero attached hydrogens (tertiary/aromatic N) is 2. The minimum absolute atomic E-state index is 0.227. The summed E-state index contributed by atoms with van der Waals surface area (Å²) in [7, 11) is 1.87. The second-order valence-corrected chi connectivity index (χ2v) is 9.14. The van der Waals surface area contributed by atoms with Gasteiger partial charge in [0.25, 0.3) is 0 Å². The predicted molar refractivity (Wildman–Crippen MR) is 139 cm³/mol. The van der Waals surface area contributed by atoms with Gasteiger partial charge in [-0.1, -0.05) is 53.5 Å². The number of aliphatic imine (C=N–C) groups is 1. The van der Waals surface area contributed by atoms with Gasteiger partial charge in [0.15, 0.2) is 0 Å². The molecule has 10 heteroatoms. The van der Waals surface area contributed by atoms with Crippen LogP contribution in [0.15, 0.2) is 70.6 Å². The Labute approximate surface area is 207 Å². The van der Waals surface area contributed by atoms with Crippen molar-refractivity contribution >= 4 is 58.7 Å². The van der Waals surface area contributed by atoms with Gasteiger partial charge < -0.3 is 16.5 Å². The first-order valence-electron chi connectivity index (χ1n) is 10.1. The number of benzene rings is 3. The molecule has 0 amide bonds. The molecule has 33 heavy (non-hydrogen) atoms. The summed E-state index contributed by atoms with van der Waals surface area (Å²) >= 11 is 14.0. The van der Waals surface area contributed by atoms with Gasteiger partial charge in [-0.15, -0.1) is 0 Å². The quantitative estimate of drug-likeness (QED) is 0.172. The van der Waals surface area contributed by atoms with Crippen LogP contribution in [0.3, 0.4) is 0 Å². The van der Waals surface area contributed by atoms with Crippen LogP contribution in [0.2, 0.25) is 10.0 Å². The normalized spacial score (nSPS) is 15.4. The number of hydrogen-bond acceptors (Lipinski definition) is 8. The van der Waals surface area contributed by atoms with E-state index in [0.29, 0.717) is 27.9 Å². The molecule has 1 aliphatic rings. The van der Waals surface area contributed by atoms with E-state index in [1.807, 2.05) is 31.3 Å². The van der Waals surface area contributed by atoms with E-state index < -0.39 is 0 Å². The molecule has 1 atom stereocenters. The molecule has 0 aromatic heterocycles. The summed E-state index contributed by atoms with van der Waals surface area (Å²) in [4.78, 5) is 5.80. The molecule has 3 aromatic rings. The number of nitrogen functional groups attached to an aromatic ring is 1. The van der Waals surface area contributed by atoms with Crippen LogP contribution in [0.25, 0.3) is 0 Å². The minimum atomic E-state index is -0.227. The van der Waals surface area contributed by atoms with E-state index in [9.17, 15) is 0 Å². The molecule has 0 bridgehead atoms. The standard InChI is InChI=1S/C23H23Cl2N7S/c1-32-23(29-20-10-9-19(27)18(12-26)21(20)25)30-22(31-32)15-7-5-14(6-8-15)13-28-33-17-4-2-3-16(24)11-17/h2-12,22,26,28,31H,13,27H2,1H3,(H,29,30). The predicted octanol–water partition coefficient (Wildman–Crippen LogP) is 5.29. The highest BCUT2D eigenvalue weighted by atomic mass is 35.5. The average molecular weight is 500 g/mol. The summed E-state index contributed by atoms with van der Waals surface area (Å²) in [6.45, 7) is 0.719. The van der Waals surface area contributed by atoms with Crippen molar-refractivity contribution in [1.29, 1.82) is 5.41 Å². The first-order valence-corrected chi connectivity index (χ1v) is 11.7. The third kappa shape index (κ3) is 5.61. The maximum Gasteiger partial charge on any atom is 0.215 e. The van der Waals surface area contributed by atoms with Gasteiger partial charge in [0, 0.05) is 41.0 Å². The number of nitrogens with one attached hydrogen (secondary N) is 4. The summed E-state index contributed by atoms with van der Waals surface area (Å²) in [5.74, 6) is 0.617. The molecule has 1 aliphatic heterocycles. The summed E-state index contributed by atoms with van der Waals surface area (Å²) < 4.78 is 3.35. The highest BCUT2D eigenvalue weighted by Crippen LogP contribution is 2.30. The number of nitrogens with two attached hydrogens (primary N) is 1. The van der Waals surface area contributed by atoms with E-state index in [1.165, 1.54) is 0 Å². The Morgan fingerprint density at radius 1 is 1.18 bits per heavy atom. The van der Waals surface area contributed by atoms with Gasteiger partial charge in [-0.25, -0.2) is 10.4 Å². The van der Waals surface area contributed by atoms with Gasteiger partial charge in [-0.05, 0) is 53.4 Å². The van der Waals surface area contributed by atoms with Crippen LogP contribution in [0.1, 0.15) is 22.9 Å². The molecule has 1 heterocycles. The lowest BCUT2D eigenvalue weighted by Gasteiger charge is -2.18. The number of anilines is 2. The van der Waals surface area contributed by atoms with E-state index in [2.05, 4.69) is 39.7 Å². The van der Waals surface area contributed by atoms with Crippen molar-refractivity contribution in [2.24, 2.45) is 4.99 Å². The first kappa shape index (κ1) is 23.4. The SMILES string of the molecule is CN1NC(c2ccc(CNSc3cccc(Cl)c3)cc2)N=C1Nc1ccc(N)c(C=N)c1Cl. The van der Waals surface area contributed by atoms with Crippen molar-refractivity contribution in [1.82, 2.24) is 15.2 Å². The molecule has 0 spiro atoms. The average Bonchev–Trinajstić information content (AvgIpc) is 3.17. The number of halogens is 2. The lowest BCUT2D eigenvalue weighted by atomic mass is 10.1. The molecule has 4 rings (SSSR count). The van der Waals surface area contributed by atoms with Gasteiger partial charge in [-0.2, -0.15) is 0 Å². The summed E-state index contributed by atoms with van der Waals surface area (Å²) in [6.07, 6.45) is 0.920. The maximum absolute atomic E-state index is 7.52. The fraction of sp³-hybridized carbons (Fsp3) is 0.130. The number of guanidine groups is 1. The Morgan fingerprint density at radius 3 is 2.70 bits per heavy atom. The van der Waals surface area contributed by atoms with Crippen LogP contribution in [-0.4, -0.2) is 24.2 Å². The number of rotatable bonds is 7. The zero-order chi connectivity index (χ0) is 23.4. The summed E-state index contributed by atoms with van der Waals surface area (Å²) in [5, 5.41) is 13.7. The van der Waals surface area contributed by atoms with Crippen LogP contribution >= 0.6 is 35.1 Å². The van der Waals surface area contributed by atoms with Crippen LogP contribution in [0.4, 0.5) is 11.4 Å². The highest BCUT2D eigenvalue weighted by molar-refractivity contribution is 7.97. The van der Waals surface area contributed by atoms with Crippen molar-refractivity contribution in [3.8, 4) is 0 Å². The maximum atomic E-state index is 7.52. The van der Waals surface area contributed by atoms with Crippen LogP contribution in [0.5, 0.6) is 0 Å². The molecule has 0 saturated heterocycles. The molecule has 0 saturated carbocycles. The molecule has 3 aromatic carbocycles. The fourth-order valence-electron chi connectivity index (χ4n) is 3.27. The molecular formula is C23H23Cl2N7S. The summed E-state index contributed by atoms with van der Waals surface area (Å²) in [6, 6.07) is 19.5. The topological polar surface area (TPSA) is 102 Å². The molecule has 0 aliphatic carbocycles. The Bertz CT molecular complexity index is 1180. The van der Waals surface area contributed by atoms with Crippen LogP contribution in [-0.2, 0) is 6.54 Å². The van der Waals surface area contributed by atoms with Crippen molar-refractivity contribution in [3.63, 3.8) is 0 Å². The Balaban J connectivity index is 1.39. The second kappa shape index (κ2) is 10.5. The van der Waals surface area contributed by atoms with Gasteiger partial charge in [0.1, 0.15) is 6.17 Å². The van der Waals surface area contributed by atoms with E-state index >= 15 is 0 Å². The van der Waals surface area contributed by atoms with E-state index in [4.69, 9.17) is 39.3 Å². The highest BCUT2D eigenvalue weighted by Gasteiger charge is 2.24. The van der Waals surface area contributed by atoms with Gasteiger partial charge >= 0.3 is 0 Å². The smallest absolute Gasteiger partial charge is 0.215 e. The molecule has 7 nitrogen and oxygen atoms in total. The third-order valence-corrected chi connectivity index (χ3v) is 6.47. The Hall–Kier alpha value is -2.75. The van der Waals surface area contributed by atoms with Crippen molar-refractivity contribution in [3.05, 3.63) is 87.4 Å². The van der Waals surface area contributed by atoms with Crippen molar-refractivity contribution < 1.29 is 0 Å². The van der Waals surface area contributed by atoms with Crippen molar-refractivity contribution in [2.45, 2.75) is 17.6 Å². The van der Waals surface area contributed by atoms with E-state index in [-0.39, 0.29) is 6.17 Å². The zero-order valence-corrected chi connectivity index (χ0v) is 20.1. The van der Waals surface area contributed by atoms with Crippen LogP contribution in [0, 0.1) is 5.41 Å². The Morgan fingerprint density at radius 2 is 1.97 bits per heavy atom. The van der Waals surface area contributed by atoms with Gasteiger partial charge in [-0.3, -0.25) is 9.73 Å². The molecule has 0 radical (unpaired) electrons. The fourth-order valence-corrected chi connectivity index (χ4v) is 4.54. The first-order chi connectivity index (χ1) is 15.9. The summed E-state index contributed by atoms with van der Waals surface area (Å²) in [5.41, 5.74) is 13.0. The largest absolute Gasteiger partial charge is 0.398 e. The van der Waals surface area contributed by atoms with Gasteiger partial charge in [0.05, 0.1) is 10.7 Å². The zero-order valence-electron chi connectivity index (χ0n) is 17.8. The monoisotopic (exact) mass is 499 g/mol. The number of hydrazine groups is 1. The van der Waals surface area contributed by atoms with E-state index in [1.54, 1.807) is 29.1 Å².